The number of alkyl halides is 3. The largest absolute Gasteiger partial charge is 0.433 e. The van der Waals surface area contributed by atoms with E-state index in [1.54, 1.807) is 0 Å². The van der Waals surface area contributed by atoms with Crippen LogP contribution in [0.1, 0.15) is 63.0 Å². The average molecular weight is 521 g/mol. The molecule has 8 nitrogen and oxygen atoms in total. The Bertz CT molecular complexity index is 1570. The van der Waals surface area contributed by atoms with Crippen LogP contribution in [0.25, 0.3) is 10.9 Å². The van der Waals surface area contributed by atoms with Gasteiger partial charge in [0, 0.05) is 29.3 Å². The van der Waals surface area contributed by atoms with Crippen LogP contribution in [0.4, 0.5) is 24.7 Å². The van der Waals surface area contributed by atoms with Gasteiger partial charge < -0.3 is 15.4 Å². The third-order valence-electron chi connectivity index (χ3n) is 6.88. The van der Waals surface area contributed by atoms with Gasteiger partial charge in [-0.15, -0.1) is 0 Å². The molecule has 0 radical (unpaired) electrons. The topological polar surface area (TPSA) is 107 Å². The number of amides is 1. The summed E-state index contributed by atoms with van der Waals surface area (Å²) in [6.07, 6.45) is 0.374. The van der Waals surface area contributed by atoms with Crippen molar-refractivity contribution in [3.8, 4) is 0 Å². The third-order valence-corrected chi connectivity index (χ3v) is 6.88. The summed E-state index contributed by atoms with van der Waals surface area (Å²) in [4.78, 5) is 32.0. The van der Waals surface area contributed by atoms with Crippen molar-refractivity contribution in [3.05, 3.63) is 82.2 Å². The van der Waals surface area contributed by atoms with E-state index in [0.717, 1.165) is 35.4 Å². The average Bonchev–Trinajstić information content (AvgIpc) is 3.62. The van der Waals surface area contributed by atoms with E-state index in [-0.39, 0.29) is 23.5 Å². The number of hydrogen-bond acceptors (Lipinski definition) is 7. The van der Waals surface area contributed by atoms with E-state index >= 15 is 0 Å². The molecule has 1 aromatic carbocycles. The summed E-state index contributed by atoms with van der Waals surface area (Å²) >= 11 is 0. The van der Waals surface area contributed by atoms with Crippen molar-refractivity contribution < 1.29 is 22.7 Å². The highest BCUT2D eigenvalue weighted by Crippen LogP contribution is 2.38. The van der Waals surface area contributed by atoms with E-state index in [1.165, 1.54) is 30.3 Å². The number of rotatable bonds is 5. The highest BCUT2D eigenvalue weighted by atomic mass is 19.4. The number of carbonyl (C=O) groups is 1. The molecule has 0 saturated heterocycles. The molecule has 38 heavy (non-hydrogen) atoms. The van der Waals surface area contributed by atoms with Gasteiger partial charge in [-0.1, -0.05) is 12.1 Å². The van der Waals surface area contributed by atoms with E-state index in [1.807, 2.05) is 18.2 Å². The van der Waals surface area contributed by atoms with E-state index < -0.39 is 17.8 Å². The second kappa shape index (κ2) is 9.02. The zero-order valence-corrected chi connectivity index (χ0v) is 20.4. The molecular weight excluding hydrogens is 497 g/mol. The minimum atomic E-state index is -4.60. The molecular formula is C27H23F3N6O2. The molecule has 0 bridgehead atoms. The Kier molecular flexibility index (Phi) is 5.75. The van der Waals surface area contributed by atoms with Crippen LogP contribution in [0.3, 0.4) is 0 Å². The van der Waals surface area contributed by atoms with Gasteiger partial charge in [-0.3, -0.25) is 4.79 Å². The summed E-state index contributed by atoms with van der Waals surface area (Å²) in [7, 11) is 0. The Morgan fingerprint density at radius 1 is 1.08 bits per heavy atom. The zero-order chi connectivity index (χ0) is 26.6. The number of halogens is 3. The number of anilines is 2. The summed E-state index contributed by atoms with van der Waals surface area (Å²) in [5, 5.41) is 0.907. The van der Waals surface area contributed by atoms with Gasteiger partial charge in [-0.25, -0.2) is 19.9 Å². The van der Waals surface area contributed by atoms with Gasteiger partial charge >= 0.3 is 6.18 Å². The molecule has 1 aliphatic heterocycles. The predicted molar refractivity (Wildman–Crippen MR) is 133 cm³/mol. The molecule has 2 aliphatic rings. The number of hydrogen-bond donors (Lipinski definition) is 1. The Hall–Kier alpha value is -4.12. The van der Waals surface area contributed by atoms with Crippen LogP contribution in [0, 0.1) is 6.92 Å². The number of nitrogens with zero attached hydrogens (tertiary/aromatic N) is 5. The number of pyridine rings is 2. The number of benzene rings is 1. The summed E-state index contributed by atoms with van der Waals surface area (Å²) in [5.41, 5.74) is 8.90. The molecule has 0 unspecified atom stereocenters. The van der Waals surface area contributed by atoms with Gasteiger partial charge in [-0.05, 0) is 49.1 Å². The van der Waals surface area contributed by atoms with Gasteiger partial charge in [0.1, 0.15) is 17.3 Å². The number of fused-ring (bicyclic) bond motifs is 3. The third kappa shape index (κ3) is 4.43. The Labute approximate surface area is 215 Å². The smallest absolute Gasteiger partial charge is 0.383 e. The number of ether oxygens (including phenoxy) is 1. The maximum absolute atomic E-state index is 13.7. The number of aryl methyl sites for hydroxylation is 1. The van der Waals surface area contributed by atoms with Gasteiger partial charge in [0.25, 0.3) is 5.91 Å². The number of nitrogen functional groups attached to an aromatic ring is 1. The van der Waals surface area contributed by atoms with Crippen LogP contribution in [0.2, 0.25) is 0 Å². The van der Waals surface area contributed by atoms with Crippen molar-refractivity contribution in [2.75, 3.05) is 10.6 Å². The first kappa shape index (κ1) is 24.2. The Balaban J connectivity index is 1.39. The lowest BCUT2D eigenvalue weighted by Gasteiger charge is -2.25. The van der Waals surface area contributed by atoms with Crippen LogP contribution < -0.4 is 10.6 Å². The van der Waals surface area contributed by atoms with Crippen molar-refractivity contribution in [3.63, 3.8) is 0 Å². The molecule has 3 aromatic heterocycles. The maximum atomic E-state index is 13.7. The second-order valence-corrected chi connectivity index (χ2v) is 9.59. The molecule has 1 fully saturated rings. The Morgan fingerprint density at radius 2 is 1.82 bits per heavy atom. The monoisotopic (exact) mass is 520 g/mol. The lowest BCUT2D eigenvalue weighted by molar-refractivity contribution is -0.141. The van der Waals surface area contributed by atoms with Gasteiger partial charge in [0.2, 0.25) is 0 Å². The van der Waals surface area contributed by atoms with Crippen molar-refractivity contribution >= 4 is 28.3 Å². The highest BCUT2D eigenvalue weighted by Gasteiger charge is 2.34. The molecule has 0 atom stereocenters. The van der Waals surface area contributed by atoms with E-state index in [0.29, 0.717) is 41.9 Å². The number of nitrogens with two attached hydrogens (primary N) is 1. The van der Waals surface area contributed by atoms with Crippen LogP contribution in [-0.4, -0.2) is 25.8 Å². The van der Waals surface area contributed by atoms with Crippen molar-refractivity contribution in [2.45, 2.75) is 51.6 Å². The normalized spacial score (nSPS) is 15.1. The van der Waals surface area contributed by atoms with E-state index in [9.17, 15) is 18.0 Å². The second-order valence-electron chi connectivity index (χ2n) is 9.59. The molecule has 11 heteroatoms. The summed E-state index contributed by atoms with van der Waals surface area (Å²) in [6, 6.07) is 7.73. The van der Waals surface area contributed by atoms with Crippen LogP contribution >= 0.6 is 0 Å². The van der Waals surface area contributed by atoms with Crippen molar-refractivity contribution in [2.24, 2.45) is 0 Å². The standard InChI is InChI=1S/C27H23F3N6O2/c1-14-22(6-7-23(34-14)27(28,29)30)36(26(37)17-9-32-25(33-10-17)16-3-4-16)11-15-2-5-18-19-12-38-13-20(19)24(31)35-21(18)8-15/h2,5-10,16H,3-4,11-13H2,1H3,(H2,31,35). The van der Waals surface area contributed by atoms with Crippen molar-refractivity contribution in [1.82, 2.24) is 19.9 Å². The lowest BCUT2D eigenvalue weighted by atomic mass is 10.0. The van der Waals surface area contributed by atoms with E-state index in [2.05, 4.69) is 19.9 Å². The predicted octanol–water partition coefficient (Wildman–Crippen LogP) is 5.08. The van der Waals surface area contributed by atoms with E-state index in [4.69, 9.17) is 10.5 Å². The minimum absolute atomic E-state index is 0.0577. The summed E-state index contributed by atoms with van der Waals surface area (Å²) < 4.78 is 45.3. The zero-order valence-electron chi connectivity index (χ0n) is 20.4. The van der Waals surface area contributed by atoms with Crippen LogP contribution in [0.5, 0.6) is 0 Å². The minimum Gasteiger partial charge on any atom is -0.383 e. The molecule has 1 amide bonds. The first-order valence-electron chi connectivity index (χ1n) is 12.2. The van der Waals surface area contributed by atoms with Crippen molar-refractivity contribution in [1.29, 1.82) is 0 Å². The molecule has 6 rings (SSSR count). The number of carbonyl (C=O) groups excluding carboxylic acids is 1. The molecule has 1 aliphatic carbocycles. The first-order valence-corrected chi connectivity index (χ1v) is 12.2. The molecule has 4 heterocycles. The fraction of sp³-hybridized carbons (Fsp3) is 0.296. The first-order chi connectivity index (χ1) is 18.2. The van der Waals surface area contributed by atoms with Gasteiger partial charge in [0.15, 0.2) is 0 Å². The molecule has 194 valence electrons. The fourth-order valence-electron chi connectivity index (χ4n) is 4.72. The van der Waals surface area contributed by atoms with Gasteiger partial charge in [0.05, 0.1) is 42.2 Å². The molecule has 0 spiro atoms. The maximum Gasteiger partial charge on any atom is 0.433 e. The Morgan fingerprint density at radius 3 is 2.50 bits per heavy atom. The fourth-order valence-corrected chi connectivity index (χ4v) is 4.72. The quantitative estimate of drug-likeness (QED) is 0.391. The SMILES string of the molecule is Cc1nc(C(F)(F)F)ccc1N(Cc1ccc2c3c(c(N)nc2c1)COC3)C(=O)c1cnc(C2CC2)nc1. The van der Waals surface area contributed by atoms with Crippen LogP contribution in [0.15, 0.2) is 42.7 Å². The molecule has 1 saturated carbocycles. The molecule has 4 aromatic rings. The number of aromatic nitrogens is 4. The van der Waals surface area contributed by atoms with Crippen LogP contribution in [-0.2, 0) is 30.7 Å². The molecule has 2 N–H and O–H groups in total. The lowest BCUT2D eigenvalue weighted by Crippen LogP contribution is -2.32. The summed E-state index contributed by atoms with van der Waals surface area (Å²) in [5.74, 6) is 0.953. The highest BCUT2D eigenvalue weighted by molar-refractivity contribution is 6.06. The summed E-state index contributed by atoms with van der Waals surface area (Å²) in [6.45, 7) is 2.36. The van der Waals surface area contributed by atoms with Gasteiger partial charge in [-0.2, -0.15) is 13.2 Å².